The molecule has 0 aliphatic carbocycles. The van der Waals surface area contributed by atoms with Crippen molar-refractivity contribution in [3.8, 4) is 28.2 Å². The number of alkyl halides is 1. The maximum atomic E-state index is 13.4. The first-order chi connectivity index (χ1) is 15.1. The SMILES string of the molecule is Nc1ncccc1-c1cc2cnc(-c3ccc(F)cc3)cc2n1-c1ccc(CCl)cc1. The summed E-state index contributed by atoms with van der Waals surface area (Å²) in [6, 6.07) is 22.3. The van der Waals surface area contributed by atoms with Gasteiger partial charge in [0.05, 0.1) is 16.9 Å². The molecule has 152 valence electrons. The summed E-state index contributed by atoms with van der Waals surface area (Å²) in [4.78, 5) is 8.86. The molecule has 0 fully saturated rings. The molecule has 2 N–H and O–H groups in total. The number of anilines is 1. The van der Waals surface area contributed by atoms with Gasteiger partial charge < -0.3 is 10.3 Å². The first-order valence-corrected chi connectivity index (χ1v) is 10.3. The smallest absolute Gasteiger partial charge is 0.132 e. The van der Waals surface area contributed by atoms with E-state index in [0.717, 1.165) is 44.7 Å². The highest BCUT2D eigenvalue weighted by Gasteiger charge is 2.16. The van der Waals surface area contributed by atoms with Crippen molar-refractivity contribution in [3.63, 3.8) is 0 Å². The Bertz CT molecular complexity index is 1380. The molecule has 5 rings (SSSR count). The third-order valence-electron chi connectivity index (χ3n) is 5.29. The number of nitrogen functional groups attached to an aromatic ring is 1. The number of nitrogens with two attached hydrogens (primary N) is 1. The first-order valence-electron chi connectivity index (χ1n) is 9.77. The van der Waals surface area contributed by atoms with Crippen LogP contribution >= 0.6 is 11.6 Å². The molecule has 0 amide bonds. The number of aromatic nitrogens is 3. The molecule has 0 saturated carbocycles. The van der Waals surface area contributed by atoms with E-state index in [1.807, 2.05) is 48.7 Å². The van der Waals surface area contributed by atoms with Gasteiger partial charge in [0.2, 0.25) is 0 Å². The molecule has 0 atom stereocenters. The van der Waals surface area contributed by atoms with Crippen LogP contribution in [0, 0.1) is 5.82 Å². The first kappa shape index (κ1) is 19.3. The Balaban J connectivity index is 1.77. The van der Waals surface area contributed by atoms with Gasteiger partial charge in [0.15, 0.2) is 0 Å². The van der Waals surface area contributed by atoms with Gasteiger partial charge in [-0.25, -0.2) is 9.37 Å². The lowest BCUT2D eigenvalue weighted by molar-refractivity contribution is 0.628. The normalized spacial score (nSPS) is 11.2. The average molecular weight is 429 g/mol. The van der Waals surface area contributed by atoms with Gasteiger partial charge >= 0.3 is 0 Å². The van der Waals surface area contributed by atoms with Crippen molar-refractivity contribution in [1.29, 1.82) is 0 Å². The topological polar surface area (TPSA) is 56.7 Å². The maximum Gasteiger partial charge on any atom is 0.132 e. The Morgan fingerprint density at radius 3 is 2.42 bits per heavy atom. The van der Waals surface area contributed by atoms with E-state index in [4.69, 9.17) is 17.3 Å². The Morgan fingerprint density at radius 2 is 1.71 bits per heavy atom. The summed E-state index contributed by atoms with van der Waals surface area (Å²) in [6.07, 6.45) is 3.50. The lowest BCUT2D eigenvalue weighted by Gasteiger charge is -2.13. The number of halogens is 2. The van der Waals surface area contributed by atoms with Crippen molar-refractivity contribution in [2.75, 3.05) is 5.73 Å². The summed E-state index contributed by atoms with van der Waals surface area (Å²) in [5.74, 6) is 0.630. The lowest BCUT2D eigenvalue weighted by Crippen LogP contribution is -2.00. The zero-order chi connectivity index (χ0) is 21.4. The van der Waals surface area contributed by atoms with E-state index in [1.54, 1.807) is 18.3 Å². The fourth-order valence-electron chi connectivity index (χ4n) is 3.72. The minimum absolute atomic E-state index is 0.276. The van der Waals surface area contributed by atoms with Crippen molar-refractivity contribution in [2.24, 2.45) is 0 Å². The number of hydrogen-bond acceptors (Lipinski definition) is 3. The van der Waals surface area contributed by atoms with Crippen LogP contribution in [0.5, 0.6) is 0 Å². The number of pyridine rings is 2. The monoisotopic (exact) mass is 428 g/mol. The second-order valence-corrected chi connectivity index (χ2v) is 7.50. The molecule has 4 nitrogen and oxygen atoms in total. The van der Waals surface area contributed by atoms with Crippen LogP contribution in [-0.4, -0.2) is 14.5 Å². The van der Waals surface area contributed by atoms with Gasteiger partial charge in [-0.15, -0.1) is 11.6 Å². The van der Waals surface area contributed by atoms with Gasteiger partial charge in [-0.3, -0.25) is 4.98 Å². The van der Waals surface area contributed by atoms with E-state index in [1.165, 1.54) is 12.1 Å². The van der Waals surface area contributed by atoms with E-state index in [-0.39, 0.29) is 5.82 Å². The van der Waals surface area contributed by atoms with E-state index < -0.39 is 0 Å². The molecule has 3 heterocycles. The lowest BCUT2D eigenvalue weighted by atomic mass is 10.1. The molecular formula is C25H18ClFN4. The fraction of sp³-hybridized carbons (Fsp3) is 0.0400. The van der Waals surface area contributed by atoms with Crippen LogP contribution in [0.3, 0.4) is 0 Å². The van der Waals surface area contributed by atoms with Gasteiger partial charge in [0, 0.05) is 40.5 Å². The highest BCUT2D eigenvalue weighted by molar-refractivity contribution is 6.17. The van der Waals surface area contributed by atoms with E-state index in [2.05, 4.69) is 20.6 Å². The molecule has 3 aromatic heterocycles. The third-order valence-corrected chi connectivity index (χ3v) is 5.60. The molecule has 31 heavy (non-hydrogen) atoms. The molecule has 0 aliphatic rings. The molecule has 0 spiro atoms. The highest BCUT2D eigenvalue weighted by Crippen LogP contribution is 2.35. The maximum absolute atomic E-state index is 13.4. The number of nitrogens with zero attached hydrogens (tertiary/aromatic N) is 3. The van der Waals surface area contributed by atoms with Gasteiger partial charge in [0.25, 0.3) is 0 Å². The summed E-state index contributed by atoms with van der Waals surface area (Å²) in [5, 5.41) is 0.963. The molecule has 5 aromatic rings. The number of benzene rings is 2. The van der Waals surface area contributed by atoms with Gasteiger partial charge in [-0.05, 0) is 66.2 Å². The van der Waals surface area contributed by atoms with Gasteiger partial charge in [-0.2, -0.15) is 0 Å². The largest absolute Gasteiger partial charge is 0.383 e. The number of hydrogen-bond donors (Lipinski definition) is 1. The predicted octanol–water partition coefficient (Wildman–Crippen LogP) is 6.21. The highest BCUT2D eigenvalue weighted by atomic mass is 35.5. The standard InChI is InChI=1S/C25H18ClFN4/c26-14-16-3-9-20(10-4-16)31-23-13-22(17-5-7-19(27)8-6-17)30-15-18(23)12-24(31)21-2-1-11-29-25(21)28/h1-13,15H,14H2,(H2,28,29). The van der Waals surface area contributed by atoms with Crippen LogP contribution in [0.15, 0.2) is 85.2 Å². The van der Waals surface area contributed by atoms with Gasteiger partial charge in [0.1, 0.15) is 11.6 Å². The second-order valence-electron chi connectivity index (χ2n) is 7.24. The fourth-order valence-corrected chi connectivity index (χ4v) is 3.90. The number of fused-ring (bicyclic) bond motifs is 1. The summed E-state index contributed by atoms with van der Waals surface area (Å²) in [6.45, 7) is 0. The molecule has 2 aromatic carbocycles. The van der Waals surface area contributed by atoms with Crippen LogP contribution < -0.4 is 5.73 Å². The third kappa shape index (κ3) is 3.53. The van der Waals surface area contributed by atoms with Crippen molar-refractivity contribution < 1.29 is 4.39 Å². The van der Waals surface area contributed by atoms with Crippen LogP contribution in [0.1, 0.15) is 5.56 Å². The van der Waals surface area contributed by atoms with Crippen molar-refractivity contribution >= 4 is 28.3 Å². The number of rotatable bonds is 4. The molecule has 6 heteroatoms. The molecule has 0 bridgehead atoms. The van der Waals surface area contributed by atoms with E-state index in [9.17, 15) is 4.39 Å². The Morgan fingerprint density at radius 1 is 0.935 bits per heavy atom. The summed E-state index contributed by atoms with van der Waals surface area (Å²) >= 11 is 5.98. The second kappa shape index (κ2) is 7.85. The van der Waals surface area contributed by atoms with Crippen LogP contribution in [0.25, 0.3) is 39.1 Å². The minimum atomic E-state index is -0.276. The summed E-state index contributed by atoms with van der Waals surface area (Å²) in [7, 11) is 0. The minimum Gasteiger partial charge on any atom is -0.383 e. The predicted molar refractivity (Wildman–Crippen MR) is 124 cm³/mol. The summed E-state index contributed by atoms with van der Waals surface area (Å²) in [5.41, 5.74) is 12.5. The van der Waals surface area contributed by atoms with Crippen molar-refractivity contribution in [1.82, 2.24) is 14.5 Å². The molecule has 0 radical (unpaired) electrons. The molecule has 0 unspecified atom stereocenters. The van der Waals surface area contributed by atoms with Crippen LogP contribution in [-0.2, 0) is 5.88 Å². The van der Waals surface area contributed by atoms with Crippen molar-refractivity contribution in [2.45, 2.75) is 5.88 Å². The van der Waals surface area contributed by atoms with Crippen LogP contribution in [0.4, 0.5) is 10.2 Å². The Hall–Kier alpha value is -3.70. The van der Waals surface area contributed by atoms with E-state index >= 15 is 0 Å². The molecular weight excluding hydrogens is 411 g/mol. The zero-order valence-electron chi connectivity index (χ0n) is 16.5. The Kier molecular flexibility index (Phi) is 4.88. The van der Waals surface area contributed by atoms with Crippen LogP contribution in [0.2, 0.25) is 0 Å². The zero-order valence-corrected chi connectivity index (χ0v) is 17.2. The summed E-state index contributed by atoms with van der Waals surface area (Å²) < 4.78 is 15.5. The van der Waals surface area contributed by atoms with E-state index in [0.29, 0.717) is 11.7 Å². The van der Waals surface area contributed by atoms with Crippen molar-refractivity contribution in [3.05, 3.63) is 96.6 Å². The molecule has 0 aliphatic heterocycles. The quantitative estimate of drug-likeness (QED) is 0.346. The Labute approximate surface area is 183 Å². The molecule has 0 saturated heterocycles. The average Bonchev–Trinajstić information content (AvgIpc) is 3.18. The van der Waals surface area contributed by atoms with Gasteiger partial charge in [-0.1, -0.05) is 12.1 Å².